The highest BCUT2D eigenvalue weighted by molar-refractivity contribution is 7.14. The van der Waals surface area contributed by atoms with Gasteiger partial charge in [0, 0.05) is 16.5 Å². The van der Waals surface area contributed by atoms with E-state index < -0.39 is 0 Å². The highest BCUT2D eigenvalue weighted by Crippen LogP contribution is 2.31. The minimum atomic E-state index is 0.801. The topological polar surface area (TPSA) is 38.1 Å². The van der Waals surface area contributed by atoms with Gasteiger partial charge in [-0.1, -0.05) is 24.3 Å². The zero-order valence-corrected chi connectivity index (χ0v) is 13.8. The molecular weight excluding hydrogens is 304 g/mol. The van der Waals surface area contributed by atoms with E-state index in [-0.39, 0.29) is 0 Å². The zero-order valence-electron chi connectivity index (χ0n) is 13.0. The van der Waals surface area contributed by atoms with Crippen molar-refractivity contribution in [3.05, 3.63) is 65.0 Å². The van der Waals surface area contributed by atoms with Crippen LogP contribution in [0.4, 0.5) is 10.8 Å². The molecular formula is C19H16N2OS. The molecule has 0 aliphatic rings. The second-order valence-corrected chi connectivity index (χ2v) is 6.47. The second-order valence-electron chi connectivity index (χ2n) is 5.61. The predicted molar refractivity (Wildman–Crippen MR) is 96.5 cm³/mol. The van der Waals surface area contributed by atoms with Crippen LogP contribution in [0.15, 0.2) is 58.3 Å². The number of para-hydroxylation sites is 1. The van der Waals surface area contributed by atoms with Gasteiger partial charge in [-0.3, -0.25) is 0 Å². The molecule has 1 N–H and O–H groups in total. The van der Waals surface area contributed by atoms with Gasteiger partial charge in [0.25, 0.3) is 0 Å². The van der Waals surface area contributed by atoms with Crippen molar-refractivity contribution < 1.29 is 4.42 Å². The van der Waals surface area contributed by atoms with Gasteiger partial charge in [0.15, 0.2) is 10.9 Å². The van der Waals surface area contributed by atoms with Crippen LogP contribution in [0.25, 0.3) is 22.4 Å². The van der Waals surface area contributed by atoms with Crippen molar-refractivity contribution in [3.63, 3.8) is 0 Å². The summed E-state index contributed by atoms with van der Waals surface area (Å²) < 4.78 is 5.87. The van der Waals surface area contributed by atoms with Crippen molar-refractivity contribution in [1.29, 1.82) is 0 Å². The van der Waals surface area contributed by atoms with Crippen molar-refractivity contribution in [2.45, 2.75) is 13.8 Å². The van der Waals surface area contributed by atoms with Crippen LogP contribution in [-0.2, 0) is 0 Å². The molecule has 2 aromatic carbocycles. The monoisotopic (exact) mass is 320 g/mol. The van der Waals surface area contributed by atoms with Gasteiger partial charge in [-0.2, -0.15) is 0 Å². The van der Waals surface area contributed by atoms with Crippen LogP contribution < -0.4 is 5.32 Å². The van der Waals surface area contributed by atoms with Gasteiger partial charge in [-0.15, -0.1) is 11.3 Å². The molecule has 0 atom stereocenters. The van der Waals surface area contributed by atoms with E-state index in [9.17, 15) is 0 Å². The fourth-order valence-electron chi connectivity index (χ4n) is 2.50. The quantitative estimate of drug-likeness (QED) is 0.509. The summed E-state index contributed by atoms with van der Waals surface area (Å²) >= 11 is 1.58. The van der Waals surface area contributed by atoms with E-state index in [4.69, 9.17) is 4.42 Å². The number of aryl methyl sites for hydroxylation is 2. The fourth-order valence-corrected chi connectivity index (χ4v) is 3.22. The molecule has 3 nitrogen and oxygen atoms in total. The number of nitrogens with one attached hydrogen (secondary N) is 1. The van der Waals surface area contributed by atoms with Crippen molar-refractivity contribution in [1.82, 2.24) is 4.98 Å². The molecule has 114 valence electrons. The Labute approximate surface area is 138 Å². The van der Waals surface area contributed by atoms with Crippen LogP contribution >= 0.6 is 11.3 Å². The SMILES string of the molecule is Cc1ccc(Nc2nc(-c3cc4ccccc4o3)cs2)cc1C. The normalized spacial score (nSPS) is 11.0. The number of nitrogens with zero attached hydrogens (tertiary/aromatic N) is 1. The maximum absolute atomic E-state index is 5.87. The van der Waals surface area contributed by atoms with Crippen molar-refractivity contribution >= 4 is 33.1 Å². The summed E-state index contributed by atoms with van der Waals surface area (Å²) in [5.41, 5.74) is 5.36. The maximum Gasteiger partial charge on any atom is 0.187 e. The molecule has 0 fully saturated rings. The van der Waals surface area contributed by atoms with Crippen LogP contribution in [-0.4, -0.2) is 4.98 Å². The molecule has 0 spiro atoms. The Morgan fingerprint density at radius 3 is 2.70 bits per heavy atom. The smallest absolute Gasteiger partial charge is 0.187 e. The summed E-state index contributed by atoms with van der Waals surface area (Å²) in [6.07, 6.45) is 0. The largest absolute Gasteiger partial charge is 0.454 e. The van der Waals surface area contributed by atoms with Crippen LogP contribution in [0.5, 0.6) is 0 Å². The number of benzene rings is 2. The Bertz CT molecular complexity index is 951. The molecule has 0 radical (unpaired) electrons. The van der Waals surface area contributed by atoms with E-state index in [1.807, 2.05) is 35.7 Å². The Morgan fingerprint density at radius 2 is 1.87 bits per heavy atom. The first-order chi connectivity index (χ1) is 11.2. The number of aromatic nitrogens is 1. The van der Waals surface area contributed by atoms with Crippen molar-refractivity contribution in [2.75, 3.05) is 5.32 Å². The van der Waals surface area contributed by atoms with Crippen LogP contribution in [0, 0.1) is 13.8 Å². The first kappa shape index (κ1) is 14.0. The summed E-state index contributed by atoms with van der Waals surface area (Å²) in [4.78, 5) is 4.64. The van der Waals surface area contributed by atoms with E-state index in [1.165, 1.54) is 11.1 Å². The molecule has 4 heteroatoms. The molecule has 0 unspecified atom stereocenters. The van der Waals surface area contributed by atoms with Gasteiger partial charge < -0.3 is 9.73 Å². The summed E-state index contributed by atoms with van der Waals surface area (Å²) in [7, 11) is 0. The van der Waals surface area contributed by atoms with E-state index >= 15 is 0 Å². The van der Waals surface area contributed by atoms with Gasteiger partial charge in [0.1, 0.15) is 11.3 Å². The number of anilines is 2. The highest BCUT2D eigenvalue weighted by atomic mass is 32.1. The van der Waals surface area contributed by atoms with Crippen LogP contribution in [0.1, 0.15) is 11.1 Å². The minimum Gasteiger partial charge on any atom is -0.454 e. The molecule has 4 aromatic rings. The molecule has 0 saturated heterocycles. The summed E-state index contributed by atoms with van der Waals surface area (Å²) in [5, 5.41) is 7.34. The average molecular weight is 320 g/mol. The van der Waals surface area contributed by atoms with E-state index in [1.54, 1.807) is 11.3 Å². The number of rotatable bonds is 3. The molecule has 0 amide bonds. The molecule has 23 heavy (non-hydrogen) atoms. The summed E-state index contributed by atoms with van der Waals surface area (Å²) in [6.45, 7) is 4.23. The molecule has 0 aliphatic heterocycles. The number of fused-ring (bicyclic) bond motifs is 1. The first-order valence-corrected chi connectivity index (χ1v) is 8.36. The Hall–Kier alpha value is -2.59. The number of thiazole rings is 1. The molecule has 2 heterocycles. The molecule has 0 saturated carbocycles. The Morgan fingerprint density at radius 1 is 1.00 bits per heavy atom. The second kappa shape index (κ2) is 5.56. The van der Waals surface area contributed by atoms with Gasteiger partial charge in [-0.05, 0) is 49.2 Å². The van der Waals surface area contributed by atoms with Crippen LogP contribution in [0.3, 0.4) is 0 Å². The van der Waals surface area contributed by atoms with Gasteiger partial charge in [0.2, 0.25) is 0 Å². The van der Waals surface area contributed by atoms with Gasteiger partial charge in [-0.25, -0.2) is 4.98 Å². The highest BCUT2D eigenvalue weighted by Gasteiger charge is 2.10. The Kier molecular flexibility index (Phi) is 3.39. The maximum atomic E-state index is 5.87. The van der Waals surface area contributed by atoms with Crippen LogP contribution in [0.2, 0.25) is 0 Å². The standard InChI is InChI=1S/C19H16N2OS/c1-12-7-8-15(9-13(12)2)20-19-21-16(11-23-19)18-10-14-5-3-4-6-17(14)22-18/h3-11H,1-2H3,(H,20,21). The van der Waals surface area contributed by atoms with E-state index in [0.29, 0.717) is 0 Å². The van der Waals surface area contributed by atoms with Gasteiger partial charge >= 0.3 is 0 Å². The summed E-state index contributed by atoms with van der Waals surface area (Å²) in [5.74, 6) is 0.801. The molecule has 0 bridgehead atoms. The lowest BCUT2D eigenvalue weighted by Gasteiger charge is -2.05. The third kappa shape index (κ3) is 2.73. The predicted octanol–water partition coefficient (Wildman–Crippen LogP) is 5.92. The molecule has 2 aromatic heterocycles. The lowest BCUT2D eigenvalue weighted by atomic mass is 10.1. The van der Waals surface area contributed by atoms with E-state index in [0.717, 1.165) is 33.2 Å². The fraction of sp³-hybridized carbons (Fsp3) is 0.105. The minimum absolute atomic E-state index is 0.801. The molecule has 0 aliphatic carbocycles. The summed E-state index contributed by atoms with van der Waals surface area (Å²) in [6, 6.07) is 16.4. The van der Waals surface area contributed by atoms with Crippen molar-refractivity contribution in [2.24, 2.45) is 0 Å². The number of hydrogen-bond donors (Lipinski definition) is 1. The van der Waals surface area contributed by atoms with E-state index in [2.05, 4.69) is 42.3 Å². The first-order valence-electron chi connectivity index (χ1n) is 7.48. The Balaban J connectivity index is 1.62. The lowest BCUT2D eigenvalue weighted by molar-refractivity contribution is 0.629. The lowest BCUT2D eigenvalue weighted by Crippen LogP contribution is -1.91. The molecule has 4 rings (SSSR count). The van der Waals surface area contributed by atoms with Gasteiger partial charge in [0.05, 0.1) is 0 Å². The third-order valence-corrected chi connectivity index (χ3v) is 4.70. The average Bonchev–Trinajstić information content (AvgIpc) is 3.17. The zero-order chi connectivity index (χ0) is 15.8. The van der Waals surface area contributed by atoms with Crippen molar-refractivity contribution in [3.8, 4) is 11.5 Å². The number of furan rings is 1. The number of hydrogen-bond acceptors (Lipinski definition) is 4. The third-order valence-electron chi connectivity index (χ3n) is 3.94.